The molecular weight excluding hydrogens is 316 g/mol. The average molecular weight is 333 g/mol. The number of allylic oxidation sites excluding steroid dienone is 1. The molecule has 0 saturated heterocycles. The normalized spacial score (nSPS) is 10.2. The number of carbonyl (C=O) groups is 1. The third-order valence-corrected chi connectivity index (χ3v) is 3.36. The standard InChI is InChI=1S/C18H17F2NO3/c1-4-5-11-8-12(9-16(23-2)17(11)24-3)18(22)21-15-7-6-13(19)10-14(15)20/h4,6-10H,1,5H2,2-3H3,(H,21,22). The van der Waals surface area contributed by atoms with Gasteiger partial charge in [-0.2, -0.15) is 0 Å². The van der Waals surface area contributed by atoms with Gasteiger partial charge >= 0.3 is 0 Å². The van der Waals surface area contributed by atoms with E-state index in [0.29, 0.717) is 29.5 Å². The van der Waals surface area contributed by atoms with Crippen molar-refractivity contribution in [3.63, 3.8) is 0 Å². The molecule has 0 radical (unpaired) electrons. The molecule has 2 aromatic carbocycles. The molecule has 0 bridgehead atoms. The second-order valence-electron chi connectivity index (χ2n) is 4.94. The molecule has 0 atom stereocenters. The lowest BCUT2D eigenvalue weighted by molar-refractivity contribution is 0.102. The number of nitrogens with one attached hydrogen (secondary N) is 1. The van der Waals surface area contributed by atoms with Gasteiger partial charge in [-0.3, -0.25) is 4.79 Å². The van der Waals surface area contributed by atoms with E-state index in [-0.39, 0.29) is 11.3 Å². The lowest BCUT2D eigenvalue weighted by Gasteiger charge is -2.14. The van der Waals surface area contributed by atoms with Gasteiger partial charge in [0, 0.05) is 17.2 Å². The molecule has 0 aliphatic rings. The van der Waals surface area contributed by atoms with Crippen molar-refractivity contribution >= 4 is 11.6 Å². The number of rotatable bonds is 6. The van der Waals surface area contributed by atoms with E-state index in [1.54, 1.807) is 12.1 Å². The van der Waals surface area contributed by atoms with Crippen LogP contribution in [0.1, 0.15) is 15.9 Å². The largest absolute Gasteiger partial charge is 0.493 e. The van der Waals surface area contributed by atoms with Crippen LogP contribution < -0.4 is 14.8 Å². The summed E-state index contributed by atoms with van der Waals surface area (Å²) in [5, 5.41) is 2.41. The predicted octanol–water partition coefficient (Wildman–Crippen LogP) is 3.96. The van der Waals surface area contributed by atoms with Crippen LogP contribution in [0.5, 0.6) is 11.5 Å². The number of anilines is 1. The first kappa shape index (κ1) is 17.5. The van der Waals surface area contributed by atoms with Gasteiger partial charge in [0.2, 0.25) is 0 Å². The Balaban J connectivity index is 2.38. The number of benzene rings is 2. The summed E-state index contributed by atoms with van der Waals surface area (Å²) in [7, 11) is 2.95. The van der Waals surface area contributed by atoms with Crippen LogP contribution in [0.4, 0.5) is 14.5 Å². The summed E-state index contributed by atoms with van der Waals surface area (Å²) >= 11 is 0. The highest BCUT2D eigenvalue weighted by atomic mass is 19.1. The van der Waals surface area contributed by atoms with Crippen molar-refractivity contribution in [1.82, 2.24) is 0 Å². The molecule has 0 spiro atoms. The van der Waals surface area contributed by atoms with Crippen molar-refractivity contribution in [2.45, 2.75) is 6.42 Å². The number of ether oxygens (including phenoxy) is 2. The van der Waals surface area contributed by atoms with E-state index in [4.69, 9.17) is 9.47 Å². The second-order valence-corrected chi connectivity index (χ2v) is 4.94. The zero-order valence-electron chi connectivity index (χ0n) is 13.4. The van der Waals surface area contributed by atoms with Crippen LogP contribution in [0.2, 0.25) is 0 Å². The maximum atomic E-state index is 13.7. The second kappa shape index (κ2) is 7.59. The Morgan fingerprint density at radius 2 is 1.96 bits per heavy atom. The van der Waals surface area contributed by atoms with Crippen molar-refractivity contribution in [3.05, 3.63) is 65.7 Å². The minimum Gasteiger partial charge on any atom is -0.493 e. The Bertz CT molecular complexity index is 775. The number of carbonyl (C=O) groups excluding carboxylic acids is 1. The van der Waals surface area contributed by atoms with E-state index in [0.717, 1.165) is 12.1 Å². The molecular formula is C18H17F2NO3. The highest BCUT2D eigenvalue weighted by Crippen LogP contribution is 2.33. The molecule has 1 amide bonds. The van der Waals surface area contributed by atoms with Gasteiger partial charge in [0.1, 0.15) is 11.6 Å². The van der Waals surface area contributed by atoms with E-state index in [9.17, 15) is 13.6 Å². The molecule has 2 rings (SSSR count). The third kappa shape index (κ3) is 3.71. The van der Waals surface area contributed by atoms with Gasteiger partial charge in [-0.05, 0) is 30.7 Å². The predicted molar refractivity (Wildman–Crippen MR) is 87.8 cm³/mol. The monoisotopic (exact) mass is 333 g/mol. The lowest BCUT2D eigenvalue weighted by Crippen LogP contribution is -2.14. The Morgan fingerprint density at radius 1 is 1.21 bits per heavy atom. The van der Waals surface area contributed by atoms with Gasteiger partial charge in [-0.15, -0.1) is 6.58 Å². The molecule has 4 nitrogen and oxygen atoms in total. The van der Waals surface area contributed by atoms with E-state index in [2.05, 4.69) is 11.9 Å². The van der Waals surface area contributed by atoms with Gasteiger partial charge in [0.05, 0.1) is 19.9 Å². The van der Waals surface area contributed by atoms with Crippen LogP contribution in [0, 0.1) is 11.6 Å². The molecule has 6 heteroatoms. The molecule has 0 saturated carbocycles. The van der Waals surface area contributed by atoms with Gasteiger partial charge in [-0.25, -0.2) is 8.78 Å². The highest BCUT2D eigenvalue weighted by molar-refractivity contribution is 6.05. The van der Waals surface area contributed by atoms with Crippen molar-refractivity contribution in [2.75, 3.05) is 19.5 Å². The topological polar surface area (TPSA) is 47.6 Å². The first-order chi connectivity index (χ1) is 11.5. The lowest BCUT2D eigenvalue weighted by atomic mass is 10.0. The Morgan fingerprint density at radius 3 is 2.54 bits per heavy atom. The van der Waals surface area contributed by atoms with Crippen LogP contribution in [-0.4, -0.2) is 20.1 Å². The maximum Gasteiger partial charge on any atom is 0.255 e. The molecule has 0 aliphatic heterocycles. The van der Waals surface area contributed by atoms with E-state index >= 15 is 0 Å². The minimum atomic E-state index is -0.852. The molecule has 126 valence electrons. The quantitative estimate of drug-likeness (QED) is 0.814. The molecule has 24 heavy (non-hydrogen) atoms. The van der Waals surface area contributed by atoms with E-state index in [1.165, 1.54) is 20.3 Å². The number of halogens is 2. The van der Waals surface area contributed by atoms with E-state index in [1.807, 2.05) is 0 Å². The molecule has 2 aromatic rings. The molecule has 0 unspecified atom stereocenters. The van der Waals surface area contributed by atoms with Crippen LogP contribution in [-0.2, 0) is 6.42 Å². The molecule has 0 heterocycles. The Labute approximate surface area is 138 Å². The van der Waals surface area contributed by atoms with Crippen LogP contribution in [0.15, 0.2) is 43.0 Å². The van der Waals surface area contributed by atoms with E-state index < -0.39 is 17.5 Å². The van der Waals surface area contributed by atoms with Crippen molar-refractivity contribution < 1.29 is 23.0 Å². The van der Waals surface area contributed by atoms with Crippen molar-refractivity contribution in [1.29, 1.82) is 0 Å². The minimum absolute atomic E-state index is 0.110. The summed E-state index contributed by atoms with van der Waals surface area (Å²) in [5.74, 6) is -1.24. The Kier molecular flexibility index (Phi) is 5.52. The smallest absolute Gasteiger partial charge is 0.255 e. The third-order valence-electron chi connectivity index (χ3n) is 3.36. The zero-order chi connectivity index (χ0) is 17.7. The maximum absolute atomic E-state index is 13.7. The SMILES string of the molecule is C=CCc1cc(C(=O)Nc2ccc(F)cc2F)cc(OC)c1OC. The zero-order valence-corrected chi connectivity index (χ0v) is 13.4. The summed E-state index contributed by atoms with van der Waals surface area (Å²) in [6.07, 6.45) is 2.13. The van der Waals surface area contributed by atoms with Crippen molar-refractivity contribution in [3.8, 4) is 11.5 Å². The summed E-state index contributed by atoms with van der Waals surface area (Å²) < 4.78 is 37.2. The molecule has 0 aliphatic carbocycles. The number of methoxy groups -OCH3 is 2. The fourth-order valence-electron chi connectivity index (χ4n) is 2.27. The molecule has 0 aromatic heterocycles. The summed E-state index contributed by atoms with van der Waals surface area (Å²) in [6.45, 7) is 3.67. The first-order valence-electron chi connectivity index (χ1n) is 7.12. The Hall–Kier alpha value is -2.89. The highest BCUT2D eigenvalue weighted by Gasteiger charge is 2.17. The number of amides is 1. The fraction of sp³-hybridized carbons (Fsp3) is 0.167. The molecule has 1 N–H and O–H groups in total. The van der Waals surface area contributed by atoms with Gasteiger partial charge in [0.25, 0.3) is 5.91 Å². The van der Waals surface area contributed by atoms with Crippen molar-refractivity contribution in [2.24, 2.45) is 0 Å². The van der Waals surface area contributed by atoms with Gasteiger partial charge < -0.3 is 14.8 Å². The summed E-state index contributed by atoms with van der Waals surface area (Å²) in [4.78, 5) is 12.4. The number of hydrogen-bond acceptors (Lipinski definition) is 3. The summed E-state index contributed by atoms with van der Waals surface area (Å²) in [5.41, 5.74) is 0.853. The van der Waals surface area contributed by atoms with Gasteiger partial charge in [-0.1, -0.05) is 6.08 Å². The fourth-order valence-corrected chi connectivity index (χ4v) is 2.27. The summed E-state index contributed by atoms with van der Waals surface area (Å²) in [6, 6.07) is 6.03. The molecule has 0 fully saturated rings. The van der Waals surface area contributed by atoms with Crippen LogP contribution in [0.25, 0.3) is 0 Å². The number of hydrogen-bond donors (Lipinski definition) is 1. The average Bonchev–Trinajstić information content (AvgIpc) is 2.56. The van der Waals surface area contributed by atoms with Crippen LogP contribution >= 0.6 is 0 Å². The van der Waals surface area contributed by atoms with Crippen LogP contribution in [0.3, 0.4) is 0 Å². The van der Waals surface area contributed by atoms with Gasteiger partial charge in [0.15, 0.2) is 11.5 Å². The first-order valence-corrected chi connectivity index (χ1v) is 7.12.